The molecule has 2 aliphatic rings. The van der Waals surface area contributed by atoms with Gasteiger partial charge in [0.2, 0.25) is 10.0 Å². The predicted octanol–water partition coefficient (Wildman–Crippen LogP) is 3.92. The van der Waals surface area contributed by atoms with Gasteiger partial charge in [0.25, 0.3) is 0 Å². The van der Waals surface area contributed by atoms with Gasteiger partial charge in [-0.05, 0) is 43.9 Å². The van der Waals surface area contributed by atoms with Gasteiger partial charge >= 0.3 is 0 Å². The molecule has 0 spiro atoms. The fourth-order valence-electron chi connectivity index (χ4n) is 3.26. The number of nitrogens with zero attached hydrogens (tertiary/aromatic N) is 1. The van der Waals surface area contributed by atoms with Crippen molar-refractivity contribution in [3.63, 3.8) is 0 Å². The number of hydrogen-bond donors (Lipinski definition) is 0. The second-order valence-corrected chi connectivity index (χ2v) is 8.73. The van der Waals surface area contributed by atoms with Crippen LogP contribution in [0.1, 0.15) is 25.7 Å². The fourth-order valence-corrected chi connectivity index (χ4v) is 6.29. The van der Waals surface area contributed by atoms with Crippen LogP contribution in [0.25, 0.3) is 0 Å². The molecule has 3 nitrogen and oxygen atoms in total. The van der Waals surface area contributed by atoms with E-state index in [-0.39, 0.29) is 22.4 Å². The highest BCUT2D eigenvalue weighted by Gasteiger charge is 2.46. The summed E-state index contributed by atoms with van der Waals surface area (Å²) in [7, 11) is -3.56. The summed E-state index contributed by atoms with van der Waals surface area (Å²) < 4.78 is 27.3. The highest BCUT2D eigenvalue weighted by molar-refractivity contribution is 7.89. The summed E-state index contributed by atoms with van der Waals surface area (Å²) >= 11 is 18.0. The van der Waals surface area contributed by atoms with Crippen LogP contribution < -0.4 is 0 Å². The normalized spacial score (nSPS) is 30.6. The van der Waals surface area contributed by atoms with Crippen molar-refractivity contribution in [2.45, 2.75) is 48.0 Å². The van der Waals surface area contributed by atoms with Crippen molar-refractivity contribution in [1.29, 1.82) is 0 Å². The third kappa shape index (κ3) is 2.57. The molecule has 2 aliphatic heterocycles. The van der Waals surface area contributed by atoms with Gasteiger partial charge in [-0.2, -0.15) is 4.31 Å². The van der Waals surface area contributed by atoms with Crippen LogP contribution in [0.2, 0.25) is 10.0 Å². The standard InChI is InChI=1S/C13H14Cl3NO2S/c14-8-3-9(15)7-13(6-8)20(18,19)17-11-1-2-12(17)5-10(16)4-11/h3,6-7,10-12H,1-2,4-5H2. The third-order valence-electron chi connectivity index (χ3n) is 4.02. The monoisotopic (exact) mass is 353 g/mol. The maximum atomic E-state index is 12.8. The zero-order valence-corrected chi connectivity index (χ0v) is 13.7. The topological polar surface area (TPSA) is 37.4 Å². The SMILES string of the molecule is O=S(=O)(c1cc(Cl)cc(Cl)c1)N1C2CCC1CC(Cl)C2. The smallest absolute Gasteiger partial charge is 0.207 e. The maximum Gasteiger partial charge on any atom is 0.243 e. The zero-order valence-electron chi connectivity index (χ0n) is 10.6. The van der Waals surface area contributed by atoms with Crippen LogP contribution in [0.5, 0.6) is 0 Å². The van der Waals surface area contributed by atoms with E-state index in [0.717, 1.165) is 12.8 Å². The number of halogens is 3. The first-order chi connectivity index (χ1) is 9.38. The number of alkyl halides is 1. The summed E-state index contributed by atoms with van der Waals surface area (Å²) in [6, 6.07) is 4.43. The van der Waals surface area contributed by atoms with Gasteiger partial charge in [0.15, 0.2) is 0 Å². The summed E-state index contributed by atoms with van der Waals surface area (Å²) in [6.45, 7) is 0. The number of fused-ring (bicyclic) bond motifs is 2. The molecule has 110 valence electrons. The molecule has 0 radical (unpaired) electrons. The summed E-state index contributed by atoms with van der Waals surface area (Å²) in [6.07, 6.45) is 3.18. The van der Waals surface area contributed by atoms with Crippen molar-refractivity contribution >= 4 is 44.8 Å². The largest absolute Gasteiger partial charge is 0.243 e. The van der Waals surface area contributed by atoms with Crippen molar-refractivity contribution in [2.75, 3.05) is 0 Å². The number of rotatable bonds is 2. The van der Waals surface area contributed by atoms with Crippen molar-refractivity contribution in [2.24, 2.45) is 0 Å². The number of piperidine rings is 1. The van der Waals surface area contributed by atoms with E-state index in [9.17, 15) is 8.42 Å². The Morgan fingerprint density at radius 2 is 1.50 bits per heavy atom. The minimum Gasteiger partial charge on any atom is -0.207 e. The van der Waals surface area contributed by atoms with Gasteiger partial charge in [0, 0.05) is 27.5 Å². The van der Waals surface area contributed by atoms with Crippen LogP contribution in [0.3, 0.4) is 0 Å². The van der Waals surface area contributed by atoms with Crippen molar-refractivity contribution in [3.8, 4) is 0 Å². The molecule has 2 unspecified atom stereocenters. The highest BCUT2D eigenvalue weighted by Crippen LogP contribution is 2.41. The summed E-state index contributed by atoms with van der Waals surface area (Å²) in [5, 5.41) is 0.730. The Balaban J connectivity index is 2.00. The molecule has 0 amide bonds. The van der Waals surface area contributed by atoms with Gasteiger partial charge in [0.1, 0.15) is 0 Å². The van der Waals surface area contributed by atoms with E-state index in [1.165, 1.54) is 18.2 Å². The number of benzene rings is 1. The van der Waals surface area contributed by atoms with E-state index in [4.69, 9.17) is 34.8 Å². The molecule has 2 bridgehead atoms. The number of sulfonamides is 1. The minimum atomic E-state index is -3.56. The van der Waals surface area contributed by atoms with E-state index in [2.05, 4.69) is 0 Å². The summed E-state index contributed by atoms with van der Waals surface area (Å²) in [5.74, 6) is 0. The van der Waals surface area contributed by atoms with E-state index in [1.807, 2.05) is 0 Å². The first kappa shape index (κ1) is 14.9. The molecule has 7 heteroatoms. The lowest BCUT2D eigenvalue weighted by molar-refractivity contribution is 0.251. The van der Waals surface area contributed by atoms with Gasteiger partial charge in [-0.25, -0.2) is 8.42 Å². The fraction of sp³-hybridized carbons (Fsp3) is 0.538. The van der Waals surface area contributed by atoms with Crippen LogP contribution in [0, 0.1) is 0 Å². The molecule has 2 saturated heterocycles. The average molecular weight is 355 g/mol. The van der Waals surface area contributed by atoms with Crippen molar-refractivity contribution in [1.82, 2.24) is 4.31 Å². The summed E-state index contributed by atoms with van der Waals surface area (Å²) in [5.41, 5.74) is 0. The lowest BCUT2D eigenvalue weighted by Crippen LogP contribution is -2.46. The molecule has 20 heavy (non-hydrogen) atoms. The van der Waals surface area contributed by atoms with Crippen LogP contribution in [-0.2, 0) is 10.0 Å². The van der Waals surface area contributed by atoms with E-state index in [1.54, 1.807) is 4.31 Å². The quantitative estimate of drug-likeness (QED) is 0.755. The minimum absolute atomic E-state index is 0.000919. The number of hydrogen-bond acceptors (Lipinski definition) is 2. The van der Waals surface area contributed by atoms with Crippen LogP contribution in [0.15, 0.2) is 23.1 Å². The molecule has 2 fully saturated rings. The van der Waals surface area contributed by atoms with Crippen molar-refractivity contribution < 1.29 is 8.42 Å². The Labute approximate surface area is 133 Å². The Morgan fingerprint density at radius 3 is 2.00 bits per heavy atom. The summed E-state index contributed by atoms with van der Waals surface area (Å²) in [4.78, 5) is 0.167. The molecule has 2 heterocycles. The Hall–Kier alpha value is -0.000000000000000111. The lowest BCUT2D eigenvalue weighted by Gasteiger charge is -2.35. The molecule has 1 aromatic rings. The van der Waals surface area contributed by atoms with E-state index >= 15 is 0 Å². The third-order valence-corrected chi connectivity index (χ3v) is 6.80. The van der Waals surface area contributed by atoms with E-state index in [0.29, 0.717) is 22.9 Å². The molecule has 3 rings (SSSR count). The van der Waals surface area contributed by atoms with Gasteiger partial charge in [0.05, 0.1) is 4.90 Å². The average Bonchev–Trinajstić information content (AvgIpc) is 2.62. The maximum absolute atomic E-state index is 12.8. The Bertz CT molecular complexity index is 600. The molecule has 1 aromatic carbocycles. The molecule has 0 aliphatic carbocycles. The van der Waals surface area contributed by atoms with Gasteiger partial charge < -0.3 is 0 Å². The van der Waals surface area contributed by atoms with Crippen LogP contribution in [0.4, 0.5) is 0 Å². The Morgan fingerprint density at radius 1 is 1.00 bits per heavy atom. The van der Waals surface area contributed by atoms with E-state index < -0.39 is 10.0 Å². The molecule has 0 N–H and O–H groups in total. The second-order valence-electron chi connectivity index (χ2n) is 5.39. The van der Waals surface area contributed by atoms with Crippen molar-refractivity contribution in [3.05, 3.63) is 28.2 Å². The van der Waals surface area contributed by atoms with Gasteiger partial charge in [-0.3, -0.25) is 0 Å². The second kappa shape index (κ2) is 5.33. The highest BCUT2D eigenvalue weighted by atomic mass is 35.5. The first-order valence-electron chi connectivity index (χ1n) is 6.51. The van der Waals surface area contributed by atoms with Crippen LogP contribution >= 0.6 is 34.8 Å². The lowest BCUT2D eigenvalue weighted by atomic mass is 10.1. The first-order valence-corrected chi connectivity index (χ1v) is 9.15. The molecule has 0 aromatic heterocycles. The molecule has 2 atom stereocenters. The van der Waals surface area contributed by atoms with Gasteiger partial charge in [-0.15, -0.1) is 11.6 Å². The predicted molar refractivity (Wildman–Crippen MR) is 81.2 cm³/mol. The molecular formula is C13H14Cl3NO2S. The van der Waals surface area contributed by atoms with Crippen LogP contribution in [-0.4, -0.2) is 30.2 Å². The molecule has 0 saturated carbocycles. The zero-order chi connectivity index (χ0) is 14.5. The molecular weight excluding hydrogens is 341 g/mol. The van der Waals surface area contributed by atoms with Gasteiger partial charge in [-0.1, -0.05) is 23.2 Å². The Kier molecular flexibility index (Phi) is 3.97.